The monoisotopic (exact) mass is 345 g/mol. The summed E-state index contributed by atoms with van der Waals surface area (Å²) in [6.07, 6.45) is 0.712. The van der Waals surface area contributed by atoms with Crippen LogP contribution in [0.5, 0.6) is 0 Å². The van der Waals surface area contributed by atoms with Crippen LogP contribution in [-0.2, 0) is 6.54 Å². The number of carbonyl (C=O) groups is 1. The molecule has 132 valence electrons. The molecule has 0 unspecified atom stereocenters. The van der Waals surface area contributed by atoms with Crippen molar-refractivity contribution in [1.82, 2.24) is 14.8 Å². The van der Waals surface area contributed by atoms with Gasteiger partial charge in [0.1, 0.15) is 5.82 Å². The van der Waals surface area contributed by atoms with Gasteiger partial charge in [-0.3, -0.25) is 14.5 Å². The van der Waals surface area contributed by atoms with Crippen molar-refractivity contribution in [2.24, 2.45) is 0 Å². The highest BCUT2D eigenvalue weighted by atomic mass is 19.1. The molecule has 3 rings (SSSR count). The van der Waals surface area contributed by atoms with Gasteiger partial charge in [-0.15, -0.1) is 0 Å². The quantitative estimate of drug-likeness (QED) is 0.861. The molecule has 25 heavy (non-hydrogen) atoms. The molecule has 1 aromatic heterocycles. The van der Waals surface area contributed by atoms with E-state index in [1.165, 1.54) is 30.5 Å². The second-order valence-corrected chi connectivity index (χ2v) is 6.33. The van der Waals surface area contributed by atoms with Gasteiger partial charge in [0.2, 0.25) is 5.56 Å². The van der Waals surface area contributed by atoms with Crippen molar-refractivity contribution < 1.29 is 14.3 Å². The number of benzene rings is 1. The molecule has 0 aliphatic carbocycles. The Morgan fingerprint density at radius 3 is 2.64 bits per heavy atom. The first-order chi connectivity index (χ1) is 11.9. The maximum Gasteiger partial charge on any atom is 0.255 e. The number of nitrogens with zero attached hydrogens (tertiary/aromatic N) is 2. The number of aliphatic hydroxyl groups is 1. The van der Waals surface area contributed by atoms with Crippen molar-refractivity contribution in [2.45, 2.75) is 18.7 Å². The molecule has 1 aliphatic rings. The maximum atomic E-state index is 13.0. The summed E-state index contributed by atoms with van der Waals surface area (Å²) >= 11 is 0. The third kappa shape index (κ3) is 3.94. The molecule has 1 aromatic carbocycles. The Morgan fingerprint density at radius 1 is 1.28 bits per heavy atom. The topological polar surface area (TPSA) is 76.6 Å². The van der Waals surface area contributed by atoms with Crippen LogP contribution in [0.15, 0.2) is 47.4 Å². The third-order valence-electron chi connectivity index (χ3n) is 4.49. The van der Waals surface area contributed by atoms with E-state index in [0.29, 0.717) is 18.7 Å². The maximum absolute atomic E-state index is 13.0. The van der Waals surface area contributed by atoms with Crippen LogP contribution >= 0.6 is 0 Å². The van der Waals surface area contributed by atoms with E-state index in [1.807, 2.05) is 11.9 Å². The molecule has 2 atom stereocenters. The number of likely N-dealkylation sites (N-methyl/N-ethyl adjacent to an activating group) is 1. The van der Waals surface area contributed by atoms with Gasteiger partial charge in [0.15, 0.2) is 0 Å². The second-order valence-electron chi connectivity index (χ2n) is 6.33. The largest absolute Gasteiger partial charge is 0.390 e. The minimum absolute atomic E-state index is 0.211. The predicted molar refractivity (Wildman–Crippen MR) is 90.6 cm³/mol. The molecule has 6 nitrogen and oxygen atoms in total. The van der Waals surface area contributed by atoms with Gasteiger partial charge in [-0.25, -0.2) is 4.39 Å². The Balaban J connectivity index is 1.66. The van der Waals surface area contributed by atoms with Crippen LogP contribution in [0.25, 0.3) is 0 Å². The number of β-amino-alcohol motifs (C(OH)–C–C–N with tert-alkyl or cyclic N) is 1. The van der Waals surface area contributed by atoms with Gasteiger partial charge >= 0.3 is 0 Å². The summed E-state index contributed by atoms with van der Waals surface area (Å²) in [5.41, 5.74) is 1.05. The normalized spacial score (nSPS) is 20.2. The zero-order valence-corrected chi connectivity index (χ0v) is 13.9. The third-order valence-corrected chi connectivity index (χ3v) is 4.49. The van der Waals surface area contributed by atoms with E-state index >= 15 is 0 Å². The van der Waals surface area contributed by atoms with Crippen molar-refractivity contribution in [1.29, 1.82) is 0 Å². The number of carbonyl (C=O) groups excluding carboxylic acids is 1. The van der Waals surface area contributed by atoms with Crippen LogP contribution in [-0.4, -0.2) is 58.1 Å². The highest BCUT2D eigenvalue weighted by molar-refractivity contribution is 5.94. The molecule has 2 heterocycles. The van der Waals surface area contributed by atoms with Crippen molar-refractivity contribution in [3.8, 4) is 0 Å². The Hall–Kier alpha value is -2.51. The average Bonchev–Trinajstić information content (AvgIpc) is 2.99. The number of nitrogens with one attached hydrogen (secondary N) is 1. The molecule has 2 N–H and O–H groups in total. The average molecular weight is 345 g/mol. The van der Waals surface area contributed by atoms with E-state index in [4.69, 9.17) is 0 Å². The highest BCUT2D eigenvalue weighted by Gasteiger charge is 2.36. The lowest BCUT2D eigenvalue weighted by atomic mass is 10.1. The molecule has 0 saturated carbocycles. The van der Waals surface area contributed by atoms with E-state index in [1.54, 1.807) is 17.0 Å². The molecule has 1 aliphatic heterocycles. The standard InChI is InChI=1S/C18H20FN3O3/c1-21(9-12-2-5-14(19)6-3-12)15-10-22(11-16(15)23)18(25)13-4-7-17(24)20-8-13/h2-8,15-16,23H,9-11H2,1H3,(H,20,24)/t15-,16-/m1/s1. The summed E-state index contributed by atoms with van der Waals surface area (Å²) in [4.78, 5) is 29.6. The molecule has 0 radical (unpaired) electrons. The zero-order chi connectivity index (χ0) is 18.0. The molecule has 2 aromatic rings. The van der Waals surface area contributed by atoms with Gasteiger partial charge in [0.05, 0.1) is 17.7 Å². The first kappa shape index (κ1) is 17.3. The van der Waals surface area contributed by atoms with Crippen LogP contribution in [0.4, 0.5) is 4.39 Å². The number of pyridine rings is 1. The first-order valence-corrected chi connectivity index (χ1v) is 8.05. The molecule has 1 fully saturated rings. The summed E-state index contributed by atoms with van der Waals surface area (Å²) in [6.45, 7) is 1.16. The van der Waals surface area contributed by atoms with Gasteiger partial charge in [-0.2, -0.15) is 0 Å². The Labute approximate surface area is 144 Å². The number of aromatic amines is 1. The second kappa shape index (κ2) is 7.16. The number of aromatic nitrogens is 1. The van der Waals surface area contributed by atoms with Gasteiger partial charge < -0.3 is 15.0 Å². The molecule has 0 bridgehead atoms. The van der Waals surface area contributed by atoms with E-state index < -0.39 is 6.10 Å². The zero-order valence-electron chi connectivity index (χ0n) is 13.9. The smallest absolute Gasteiger partial charge is 0.255 e. The van der Waals surface area contributed by atoms with Crippen LogP contribution in [0.3, 0.4) is 0 Å². The van der Waals surface area contributed by atoms with E-state index in [9.17, 15) is 19.1 Å². The SMILES string of the molecule is CN(Cc1ccc(F)cc1)[C@@H]1CN(C(=O)c2ccc(=O)[nH]c2)C[C@H]1O. The number of H-pyrrole nitrogens is 1. The van der Waals surface area contributed by atoms with Crippen molar-refractivity contribution in [3.05, 3.63) is 69.9 Å². The number of likely N-dealkylation sites (tertiary alicyclic amines) is 1. The predicted octanol–water partition coefficient (Wildman–Crippen LogP) is 0.831. The fourth-order valence-electron chi connectivity index (χ4n) is 3.09. The molecular weight excluding hydrogens is 325 g/mol. The number of hydrogen-bond donors (Lipinski definition) is 2. The van der Waals surface area contributed by atoms with Gasteiger partial charge in [0.25, 0.3) is 5.91 Å². The Bertz CT molecular complexity index is 785. The van der Waals surface area contributed by atoms with E-state index in [2.05, 4.69) is 4.98 Å². The van der Waals surface area contributed by atoms with Crippen LogP contribution < -0.4 is 5.56 Å². The van der Waals surface area contributed by atoms with Crippen LogP contribution in [0.2, 0.25) is 0 Å². The summed E-state index contributed by atoms with van der Waals surface area (Å²) < 4.78 is 13.0. The van der Waals surface area contributed by atoms with E-state index in [0.717, 1.165) is 5.56 Å². The lowest BCUT2D eigenvalue weighted by molar-refractivity contribution is 0.0762. The van der Waals surface area contributed by atoms with Crippen LogP contribution in [0, 0.1) is 5.82 Å². The summed E-state index contributed by atoms with van der Waals surface area (Å²) in [5, 5.41) is 10.3. The summed E-state index contributed by atoms with van der Waals surface area (Å²) in [5.74, 6) is -0.516. The van der Waals surface area contributed by atoms with Gasteiger partial charge in [0, 0.05) is 31.9 Å². The number of halogens is 1. The van der Waals surface area contributed by atoms with Crippen molar-refractivity contribution in [2.75, 3.05) is 20.1 Å². The van der Waals surface area contributed by atoms with Crippen LogP contribution in [0.1, 0.15) is 15.9 Å². The molecule has 1 saturated heterocycles. The van der Waals surface area contributed by atoms with E-state index in [-0.39, 0.29) is 29.9 Å². The lowest BCUT2D eigenvalue weighted by Gasteiger charge is -2.26. The first-order valence-electron chi connectivity index (χ1n) is 8.05. The fraction of sp³-hybridized carbons (Fsp3) is 0.333. The Kier molecular flexibility index (Phi) is 4.96. The molecular formula is C18H20FN3O3. The van der Waals surface area contributed by atoms with Crippen molar-refractivity contribution in [3.63, 3.8) is 0 Å². The van der Waals surface area contributed by atoms with Crippen molar-refractivity contribution >= 4 is 5.91 Å². The summed E-state index contributed by atoms with van der Waals surface area (Å²) in [6, 6.07) is 8.78. The number of amides is 1. The number of hydrogen-bond acceptors (Lipinski definition) is 4. The molecule has 0 spiro atoms. The lowest BCUT2D eigenvalue weighted by Crippen LogP contribution is -2.40. The highest BCUT2D eigenvalue weighted by Crippen LogP contribution is 2.19. The number of rotatable bonds is 4. The minimum atomic E-state index is -0.669. The fourth-order valence-corrected chi connectivity index (χ4v) is 3.09. The number of aliphatic hydroxyl groups excluding tert-OH is 1. The molecule has 7 heteroatoms. The minimum Gasteiger partial charge on any atom is -0.390 e. The van der Waals surface area contributed by atoms with Gasteiger partial charge in [-0.1, -0.05) is 12.1 Å². The van der Waals surface area contributed by atoms with Gasteiger partial charge in [-0.05, 0) is 30.8 Å². The summed E-state index contributed by atoms with van der Waals surface area (Å²) in [7, 11) is 1.87. The molecule has 1 amide bonds. The Morgan fingerprint density at radius 2 is 2.00 bits per heavy atom.